The number of carboxylic acids is 1. The molecule has 8 nitrogen and oxygen atoms in total. The molecule has 8 heteroatoms. The fourth-order valence-electron chi connectivity index (χ4n) is 4.93. The van der Waals surface area contributed by atoms with E-state index in [1.54, 1.807) is 48.2 Å². The van der Waals surface area contributed by atoms with Crippen molar-refractivity contribution < 1.29 is 33.6 Å². The number of hydrogen-bond donors (Lipinski definition) is 1. The van der Waals surface area contributed by atoms with Crippen molar-refractivity contribution in [3.05, 3.63) is 84.4 Å². The number of amides is 1. The molecule has 1 aliphatic carbocycles. The zero-order valence-electron chi connectivity index (χ0n) is 23.6. The molecule has 1 atom stereocenters. The summed E-state index contributed by atoms with van der Waals surface area (Å²) in [5.41, 5.74) is 0.847. The number of aliphatic carboxylic acids is 1. The minimum Gasteiger partial charge on any atom is -0.492 e. The van der Waals surface area contributed by atoms with Gasteiger partial charge in [-0.05, 0) is 73.4 Å². The highest BCUT2D eigenvalue weighted by atomic mass is 16.6. The number of carboxylic acid groups (broad SMARTS) is 1. The van der Waals surface area contributed by atoms with Gasteiger partial charge >= 0.3 is 12.1 Å². The lowest BCUT2D eigenvalue weighted by atomic mass is 10.0. The average molecular weight is 562 g/mol. The second kappa shape index (κ2) is 15.7. The maximum atomic E-state index is 13.1. The Kier molecular flexibility index (Phi) is 11.4. The summed E-state index contributed by atoms with van der Waals surface area (Å²) in [6, 6.07) is 23.8. The number of rotatable bonds is 15. The first kappa shape index (κ1) is 29.9. The largest absolute Gasteiger partial charge is 0.492 e. The van der Waals surface area contributed by atoms with E-state index in [9.17, 15) is 14.7 Å². The highest BCUT2D eigenvalue weighted by Crippen LogP contribution is 2.28. The quantitative estimate of drug-likeness (QED) is 0.214. The first-order valence-electron chi connectivity index (χ1n) is 14.4. The number of carbonyl (C=O) groups excluding carboxylic acids is 1. The Labute approximate surface area is 241 Å². The first-order chi connectivity index (χ1) is 20.0. The first-order valence-corrected chi connectivity index (χ1v) is 14.4. The Morgan fingerprint density at radius 2 is 1.49 bits per heavy atom. The third-order valence-corrected chi connectivity index (χ3v) is 7.17. The molecule has 3 aromatic carbocycles. The van der Waals surface area contributed by atoms with Crippen LogP contribution in [-0.4, -0.2) is 54.5 Å². The van der Waals surface area contributed by atoms with E-state index in [2.05, 4.69) is 0 Å². The van der Waals surface area contributed by atoms with Crippen LogP contribution in [-0.2, 0) is 16.0 Å². The summed E-state index contributed by atoms with van der Waals surface area (Å²) in [6.45, 7) is 3.41. The maximum Gasteiger partial charge on any atom is 0.415 e. The van der Waals surface area contributed by atoms with Crippen LogP contribution in [0.2, 0.25) is 0 Å². The van der Waals surface area contributed by atoms with Gasteiger partial charge in [0.25, 0.3) is 0 Å². The molecule has 1 amide bonds. The van der Waals surface area contributed by atoms with Gasteiger partial charge in [0.05, 0.1) is 6.54 Å². The highest BCUT2D eigenvalue weighted by Gasteiger charge is 2.21. The van der Waals surface area contributed by atoms with Crippen LogP contribution in [0.1, 0.15) is 44.6 Å². The number of ether oxygens (including phenoxy) is 4. The van der Waals surface area contributed by atoms with Crippen molar-refractivity contribution in [1.29, 1.82) is 0 Å². The summed E-state index contributed by atoms with van der Waals surface area (Å²) in [4.78, 5) is 26.2. The van der Waals surface area contributed by atoms with Crippen LogP contribution in [0.5, 0.6) is 23.0 Å². The second-order valence-electron chi connectivity index (χ2n) is 10.2. The van der Waals surface area contributed by atoms with Crippen molar-refractivity contribution in [2.45, 2.75) is 51.6 Å². The molecule has 0 saturated heterocycles. The molecule has 0 aliphatic heterocycles. The van der Waals surface area contributed by atoms with Gasteiger partial charge in [-0.15, -0.1) is 0 Å². The molecule has 0 heterocycles. The van der Waals surface area contributed by atoms with E-state index < -0.39 is 18.2 Å². The second-order valence-corrected chi connectivity index (χ2v) is 10.2. The van der Waals surface area contributed by atoms with Crippen LogP contribution in [0.4, 0.5) is 4.79 Å². The number of para-hydroxylation sites is 1. The summed E-state index contributed by atoms with van der Waals surface area (Å²) >= 11 is 0. The van der Waals surface area contributed by atoms with Crippen molar-refractivity contribution in [1.82, 2.24) is 4.90 Å². The summed E-state index contributed by atoms with van der Waals surface area (Å²) in [5.74, 6) is 2.15. The van der Waals surface area contributed by atoms with E-state index in [0.29, 0.717) is 49.5 Å². The normalized spacial score (nSPS) is 13.9. The van der Waals surface area contributed by atoms with Crippen LogP contribution in [0.25, 0.3) is 0 Å². The van der Waals surface area contributed by atoms with Gasteiger partial charge in [0.15, 0.2) is 6.10 Å². The SMILES string of the molecule is CCOC(Cc1ccc(OCCN(CCC2CCCC2)C(=O)Oc2ccc(Oc3ccccc3)cc2)cc1)C(=O)O. The molecule has 1 fully saturated rings. The van der Waals surface area contributed by atoms with Gasteiger partial charge in [0, 0.05) is 19.6 Å². The predicted octanol–water partition coefficient (Wildman–Crippen LogP) is 6.97. The minimum atomic E-state index is -0.979. The molecule has 41 heavy (non-hydrogen) atoms. The monoisotopic (exact) mass is 561 g/mol. The van der Waals surface area contributed by atoms with Crippen molar-refractivity contribution in [2.75, 3.05) is 26.3 Å². The molecular weight excluding hydrogens is 522 g/mol. The standard InChI is InChI=1S/C33H39NO7/c1-2-38-31(32(35)36)24-26-12-14-27(15-13-26)39-23-22-34(21-20-25-8-6-7-9-25)33(37)41-30-18-16-29(17-19-30)40-28-10-4-3-5-11-28/h3-5,10-19,25,31H,2,6-9,20-24H2,1H3,(H,35,36). The van der Waals surface area contributed by atoms with Gasteiger partial charge in [-0.3, -0.25) is 0 Å². The van der Waals surface area contributed by atoms with Gasteiger partial charge in [0.1, 0.15) is 29.6 Å². The smallest absolute Gasteiger partial charge is 0.415 e. The fourth-order valence-corrected chi connectivity index (χ4v) is 4.93. The molecule has 1 N–H and O–H groups in total. The molecule has 1 unspecified atom stereocenters. The highest BCUT2D eigenvalue weighted by molar-refractivity contribution is 5.72. The summed E-state index contributed by atoms with van der Waals surface area (Å²) in [5, 5.41) is 9.31. The lowest BCUT2D eigenvalue weighted by Gasteiger charge is -2.23. The number of nitrogens with zero attached hydrogens (tertiary/aromatic N) is 1. The van der Waals surface area contributed by atoms with E-state index in [4.69, 9.17) is 18.9 Å². The van der Waals surface area contributed by atoms with Gasteiger partial charge in [-0.2, -0.15) is 0 Å². The topological polar surface area (TPSA) is 94.5 Å². The molecule has 1 saturated carbocycles. The Morgan fingerprint density at radius 3 is 2.15 bits per heavy atom. The molecule has 3 aromatic rings. The lowest BCUT2D eigenvalue weighted by molar-refractivity contribution is -0.149. The minimum absolute atomic E-state index is 0.281. The Hall–Kier alpha value is -4.04. The van der Waals surface area contributed by atoms with E-state index in [0.717, 1.165) is 17.7 Å². The lowest BCUT2D eigenvalue weighted by Crippen LogP contribution is -2.38. The molecule has 0 bridgehead atoms. The molecule has 4 rings (SSSR count). The van der Waals surface area contributed by atoms with Gasteiger partial charge in [0.2, 0.25) is 0 Å². The number of carbonyl (C=O) groups is 2. The molecule has 0 aromatic heterocycles. The van der Waals surface area contributed by atoms with Crippen LogP contribution in [0, 0.1) is 5.92 Å². The maximum absolute atomic E-state index is 13.1. The molecular formula is C33H39NO7. The van der Waals surface area contributed by atoms with E-state index in [-0.39, 0.29) is 6.42 Å². The van der Waals surface area contributed by atoms with Crippen LogP contribution < -0.4 is 14.2 Å². The van der Waals surface area contributed by atoms with Crippen molar-refractivity contribution >= 4 is 12.1 Å². The Balaban J connectivity index is 1.30. The van der Waals surface area contributed by atoms with Crippen molar-refractivity contribution in [3.63, 3.8) is 0 Å². The van der Waals surface area contributed by atoms with E-state index in [1.807, 2.05) is 42.5 Å². The predicted molar refractivity (Wildman–Crippen MR) is 156 cm³/mol. The molecule has 0 spiro atoms. The van der Waals surface area contributed by atoms with Crippen molar-refractivity contribution in [3.8, 4) is 23.0 Å². The summed E-state index contributed by atoms with van der Waals surface area (Å²) < 4.78 is 22.8. The summed E-state index contributed by atoms with van der Waals surface area (Å²) in [6.07, 6.45) is 4.86. The fraction of sp³-hybridized carbons (Fsp3) is 0.394. The Bertz CT molecular complexity index is 1210. The molecule has 0 radical (unpaired) electrons. The third-order valence-electron chi connectivity index (χ3n) is 7.17. The van der Waals surface area contributed by atoms with Crippen molar-refractivity contribution in [2.24, 2.45) is 5.92 Å². The molecule has 218 valence electrons. The number of hydrogen-bond acceptors (Lipinski definition) is 6. The van der Waals surface area contributed by atoms with Crippen LogP contribution >= 0.6 is 0 Å². The number of benzene rings is 3. The molecule has 1 aliphatic rings. The summed E-state index contributed by atoms with van der Waals surface area (Å²) in [7, 11) is 0. The average Bonchev–Trinajstić information content (AvgIpc) is 3.51. The van der Waals surface area contributed by atoms with Crippen LogP contribution in [0.3, 0.4) is 0 Å². The van der Waals surface area contributed by atoms with Gasteiger partial charge < -0.3 is 29.0 Å². The van der Waals surface area contributed by atoms with Crippen LogP contribution in [0.15, 0.2) is 78.9 Å². The van der Waals surface area contributed by atoms with E-state index in [1.165, 1.54) is 25.7 Å². The van der Waals surface area contributed by atoms with Gasteiger partial charge in [-0.25, -0.2) is 9.59 Å². The zero-order chi connectivity index (χ0) is 28.9. The van der Waals surface area contributed by atoms with E-state index >= 15 is 0 Å². The Morgan fingerprint density at radius 1 is 0.854 bits per heavy atom. The zero-order valence-corrected chi connectivity index (χ0v) is 23.6. The third kappa shape index (κ3) is 9.83. The van der Waals surface area contributed by atoms with Gasteiger partial charge in [-0.1, -0.05) is 56.0 Å².